The van der Waals surface area contributed by atoms with Gasteiger partial charge in [0.1, 0.15) is 6.04 Å². The van der Waals surface area contributed by atoms with Gasteiger partial charge in [-0.2, -0.15) is 0 Å². The van der Waals surface area contributed by atoms with Gasteiger partial charge >= 0.3 is 0 Å². The number of ether oxygens (including phenoxy) is 2. The molecule has 1 aromatic heterocycles. The normalized spacial score (nSPS) is 13.1. The van der Waals surface area contributed by atoms with Crippen molar-refractivity contribution in [2.24, 2.45) is 5.92 Å². The van der Waals surface area contributed by atoms with E-state index in [4.69, 9.17) is 14.0 Å². The minimum atomic E-state index is -0.729. The molecule has 0 fully saturated rings. The van der Waals surface area contributed by atoms with Crippen molar-refractivity contribution in [3.8, 4) is 22.8 Å². The first-order chi connectivity index (χ1) is 15.8. The number of carbonyl (C=O) groups excluding carboxylic acids is 2. The molecule has 2 aromatic carbocycles. The zero-order valence-electron chi connectivity index (χ0n) is 19.1. The Morgan fingerprint density at radius 2 is 1.82 bits per heavy atom. The quantitative estimate of drug-likeness (QED) is 0.569. The topological polar surface area (TPSA) is 103 Å². The number of amides is 2. The van der Waals surface area contributed by atoms with Crippen molar-refractivity contribution in [2.75, 3.05) is 6.79 Å². The van der Waals surface area contributed by atoms with Crippen molar-refractivity contribution >= 4 is 11.8 Å². The molecule has 1 aliphatic heterocycles. The van der Waals surface area contributed by atoms with Gasteiger partial charge in [-0.3, -0.25) is 9.59 Å². The van der Waals surface area contributed by atoms with Gasteiger partial charge in [0.25, 0.3) is 5.91 Å². The van der Waals surface area contributed by atoms with Crippen molar-refractivity contribution in [1.29, 1.82) is 0 Å². The summed E-state index contributed by atoms with van der Waals surface area (Å²) in [6, 6.07) is 12.4. The fourth-order valence-corrected chi connectivity index (χ4v) is 3.61. The number of nitrogens with zero attached hydrogens (tertiary/aromatic N) is 1. The lowest BCUT2D eigenvalue weighted by Gasteiger charge is -2.21. The Labute approximate surface area is 192 Å². The minimum absolute atomic E-state index is 0.125. The van der Waals surface area contributed by atoms with Gasteiger partial charge in [-0.1, -0.05) is 42.8 Å². The highest BCUT2D eigenvalue weighted by atomic mass is 16.7. The summed E-state index contributed by atoms with van der Waals surface area (Å²) in [6.07, 6.45) is 0. The molecule has 0 aliphatic carbocycles. The number of carbonyl (C=O) groups is 2. The number of aromatic nitrogens is 1. The van der Waals surface area contributed by atoms with Crippen LogP contribution in [0.3, 0.4) is 0 Å². The second-order valence-corrected chi connectivity index (χ2v) is 8.50. The molecule has 1 aliphatic rings. The van der Waals surface area contributed by atoms with Crippen LogP contribution < -0.4 is 20.1 Å². The Morgan fingerprint density at radius 1 is 1.03 bits per heavy atom. The summed E-state index contributed by atoms with van der Waals surface area (Å²) in [5, 5.41) is 9.58. The molecule has 0 spiro atoms. The number of fused-ring (bicyclic) bond motifs is 1. The Bertz CT molecular complexity index is 1180. The highest BCUT2D eigenvalue weighted by Crippen LogP contribution is 2.32. The average Bonchev–Trinajstić information content (AvgIpc) is 3.46. The van der Waals surface area contributed by atoms with Gasteiger partial charge in [-0.15, -0.1) is 0 Å². The molecule has 0 unspecified atom stereocenters. The van der Waals surface area contributed by atoms with Crippen LogP contribution in [0.15, 0.2) is 47.0 Å². The standard InChI is InChI=1S/C25H27N3O5/c1-14(2)23(25(30)26-12-17-7-8-20-22(10-17)32-13-31-20)27-24(29)19-11-21(33-28-19)18-9-15(3)5-6-16(18)4/h5-11,14,23H,12-13H2,1-4H3,(H,26,30)(H,27,29)/t23-/m0/s1. The van der Waals surface area contributed by atoms with Crippen molar-refractivity contribution in [3.05, 3.63) is 64.8 Å². The van der Waals surface area contributed by atoms with Crippen LogP contribution in [0.4, 0.5) is 0 Å². The molecule has 0 saturated carbocycles. The third kappa shape index (κ3) is 5.00. The molecular formula is C25H27N3O5. The second kappa shape index (κ2) is 9.36. The Balaban J connectivity index is 1.41. The summed E-state index contributed by atoms with van der Waals surface area (Å²) < 4.78 is 16.1. The fraction of sp³-hybridized carbons (Fsp3) is 0.320. The van der Waals surface area contributed by atoms with Gasteiger partial charge in [0.15, 0.2) is 23.0 Å². The first-order valence-electron chi connectivity index (χ1n) is 10.8. The van der Waals surface area contributed by atoms with Gasteiger partial charge in [-0.05, 0) is 49.1 Å². The third-order valence-corrected chi connectivity index (χ3v) is 5.54. The largest absolute Gasteiger partial charge is 0.454 e. The fourth-order valence-electron chi connectivity index (χ4n) is 3.61. The molecular weight excluding hydrogens is 422 g/mol. The molecule has 4 rings (SSSR count). The van der Waals surface area contributed by atoms with Gasteiger partial charge in [0.05, 0.1) is 0 Å². The molecule has 2 heterocycles. The number of aryl methyl sites for hydroxylation is 2. The van der Waals surface area contributed by atoms with E-state index in [2.05, 4.69) is 15.8 Å². The molecule has 8 nitrogen and oxygen atoms in total. The van der Waals surface area contributed by atoms with E-state index in [-0.39, 0.29) is 24.3 Å². The van der Waals surface area contributed by atoms with Crippen molar-refractivity contribution in [3.63, 3.8) is 0 Å². The zero-order chi connectivity index (χ0) is 23.5. The molecule has 2 N–H and O–H groups in total. The van der Waals surface area contributed by atoms with E-state index in [0.717, 1.165) is 22.3 Å². The summed E-state index contributed by atoms with van der Waals surface area (Å²) in [5.41, 5.74) is 3.98. The first kappa shape index (κ1) is 22.4. The lowest BCUT2D eigenvalue weighted by molar-refractivity contribution is -0.124. The highest BCUT2D eigenvalue weighted by molar-refractivity contribution is 5.96. The predicted molar refractivity (Wildman–Crippen MR) is 122 cm³/mol. The van der Waals surface area contributed by atoms with Crippen LogP contribution in [0, 0.1) is 19.8 Å². The number of rotatable bonds is 7. The molecule has 8 heteroatoms. The predicted octanol–water partition coefficient (Wildman–Crippen LogP) is 3.76. The number of hydrogen-bond donors (Lipinski definition) is 2. The Morgan fingerprint density at radius 3 is 2.61 bits per heavy atom. The van der Waals surface area contributed by atoms with Crippen molar-refractivity contribution < 1.29 is 23.6 Å². The summed E-state index contributed by atoms with van der Waals surface area (Å²) in [7, 11) is 0. The van der Waals surface area contributed by atoms with Crippen LogP contribution in [0.2, 0.25) is 0 Å². The monoisotopic (exact) mass is 449 g/mol. The van der Waals surface area contributed by atoms with E-state index in [9.17, 15) is 9.59 Å². The van der Waals surface area contributed by atoms with Gasteiger partial charge < -0.3 is 24.6 Å². The van der Waals surface area contributed by atoms with E-state index < -0.39 is 11.9 Å². The molecule has 1 atom stereocenters. The summed E-state index contributed by atoms with van der Waals surface area (Å²) >= 11 is 0. The van der Waals surface area contributed by atoms with Gasteiger partial charge in [0.2, 0.25) is 12.7 Å². The first-order valence-corrected chi connectivity index (χ1v) is 10.8. The van der Waals surface area contributed by atoms with E-state index in [0.29, 0.717) is 23.8 Å². The maximum absolute atomic E-state index is 12.8. The van der Waals surface area contributed by atoms with Crippen molar-refractivity contribution in [2.45, 2.75) is 40.3 Å². The smallest absolute Gasteiger partial charge is 0.274 e. The van der Waals surface area contributed by atoms with E-state index in [1.54, 1.807) is 6.07 Å². The minimum Gasteiger partial charge on any atom is -0.454 e. The van der Waals surface area contributed by atoms with E-state index >= 15 is 0 Å². The van der Waals surface area contributed by atoms with E-state index in [1.807, 2.05) is 64.1 Å². The number of hydrogen-bond acceptors (Lipinski definition) is 6. The van der Waals surface area contributed by atoms with Crippen LogP contribution in [-0.4, -0.2) is 29.8 Å². The molecule has 3 aromatic rings. The van der Waals surface area contributed by atoms with Gasteiger partial charge in [0, 0.05) is 18.2 Å². The maximum Gasteiger partial charge on any atom is 0.274 e. The van der Waals surface area contributed by atoms with E-state index in [1.165, 1.54) is 0 Å². The Hall–Kier alpha value is -3.81. The Kier molecular flexibility index (Phi) is 6.35. The van der Waals surface area contributed by atoms with Crippen LogP contribution in [0.25, 0.3) is 11.3 Å². The number of nitrogens with one attached hydrogen (secondary N) is 2. The summed E-state index contributed by atoms with van der Waals surface area (Å²) in [4.78, 5) is 25.7. The highest BCUT2D eigenvalue weighted by Gasteiger charge is 2.26. The molecule has 0 bridgehead atoms. The zero-order valence-corrected chi connectivity index (χ0v) is 19.1. The van der Waals surface area contributed by atoms with Crippen LogP contribution in [0.1, 0.15) is 41.0 Å². The summed E-state index contributed by atoms with van der Waals surface area (Å²) in [5.74, 6) is 0.971. The third-order valence-electron chi connectivity index (χ3n) is 5.54. The molecule has 0 radical (unpaired) electrons. The van der Waals surface area contributed by atoms with Crippen LogP contribution >= 0.6 is 0 Å². The summed E-state index contributed by atoms with van der Waals surface area (Å²) in [6.45, 7) is 8.19. The average molecular weight is 450 g/mol. The van der Waals surface area contributed by atoms with Crippen LogP contribution in [-0.2, 0) is 11.3 Å². The van der Waals surface area contributed by atoms with Gasteiger partial charge in [-0.25, -0.2) is 0 Å². The maximum atomic E-state index is 12.8. The molecule has 172 valence electrons. The molecule has 0 saturated heterocycles. The van der Waals surface area contributed by atoms with Crippen LogP contribution in [0.5, 0.6) is 11.5 Å². The lowest BCUT2D eigenvalue weighted by Crippen LogP contribution is -2.49. The second-order valence-electron chi connectivity index (χ2n) is 8.50. The molecule has 33 heavy (non-hydrogen) atoms. The number of benzene rings is 2. The van der Waals surface area contributed by atoms with Crippen molar-refractivity contribution in [1.82, 2.24) is 15.8 Å². The molecule has 2 amide bonds. The lowest BCUT2D eigenvalue weighted by atomic mass is 10.0. The SMILES string of the molecule is Cc1ccc(C)c(-c2cc(C(=O)N[C@H](C(=O)NCc3ccc4c(c3)OCO4)C(C)C)no2)c1.